The maximum absolute atomic E-state index is 12.8. The molecule has 9 heteroatoms. The number of hydrogen-bond acceptors (Lipinski definition) is 7. The van der Waals surface area contributed by atoms with Gasteiger partial charge < -0.3 is 19.1 Å². The van der Waals surface area contributed by atoms with Gasteiger partial charge in [-0.2, -0.15) is 5.10 Å². The minimum absolute atomic E-state index is 0.291. The van der Waals surface area contributed by atoms with Crippen LogP contribution in [0.15, 0.2) is 60.9 Å². The Morgan fingerprint density at radius 3 is 2.03 bits per heavy atom. The lowest BCUT2D eigenvalue weighted by atomic mass is 10.1. The Balaban J connectivity index is 1.80. The number of anilines is 1. The van der Waals surface area contributed by atoms with Crippen molar-refractivity contribution in [1.29, 1.82) is 0 Å². The highest BCUT2D eigenvalue weighted by Crippen LogP contribution is 2.27. The van der Waals surface area contributed by atoms with E-state index in [0.29, 0.717) is 36.6 Å². The SMILES string of the molecule is Bc1cc(C(=O)OCC)c2c(N(Cc3ccc(OC)cc3)Cc3ccc(OC)cc3)ncnn12. The maximum Gasteiger partial charge on any atom is 0.340 e. The second kappa shape index (κ2) is 10.3. The number of esters is 1. The van der Waals surface area contributed by atoms with E-state index < -0.39 is 5.97 Å². The number of nitrogens with zero attached hydrogens (tertiary/aromatic N) is 4. The molecule has 0 fully saturated rings. The van der Waals surface area contributed by atoms with E-state index in [9.17, 15) is 4.79 Å². The minimum Gasteiger partial charge on any atom is -0.497 e. The summed E-state index contributed by atoms with van der Waals surface area (Å²) in [5.74, 6) is 1.85. The van der Waals surface area contributed by atoms with Crippen molar-refractivity contribution in [2.45, 2.75) is 20.0 Å². The average molecular weight is 458 g/mol. The molecule has 0 amide bonds. The van der Waals surface area contributed by atoms with Gasteiger partial charge in [0.15, 0.2) is 13.7 Å². The van der Waals surface area contributed by atoms with Crippen LogP contribution < -0.4 is 20.0 Å². The van der Waals surface area contributed by atoms with Gasteiger partial charge in [0.25, 0.3) is 0 Å². The van der Waals surface area contributed by atoms with Crippen molar-refractivity contribution in [3.05, 3.63) is 77.6 Å². The van der Waals surface area contributed by atoms with Gasteiger partial charge in [-0.05, 0) is 54.0 Å². The fourth-order valence-electron chi connectivity index (χ4n) is 3.89. The molecule has 0 aliphatic rings. The Morgan fingerprint density at radius 1 is 0.971 bits per heavy atom. The van der Waals surface area contributed by atoms with Gasteiger partial charge in [-0.1, -0.05) is 24.3 Å². The molecule has 0 N–H and O–H groups in total. The Bertz CT molecular complexity index is 1220. The lowest BCUT2D eigenvalue weighted by Gasteiger charge is -2.25. The van der Waals surface area contributed by atoms with Crippen LogP contribution >= 0.6 is 0 Å². The Labute approximate surface area is 199 Å². The first-order valence-electron chi connectivity index (χ1n) is 11.0. The standard InChI is InChI=1S/C25H27BN4O4/c1-4-34-25(31)21-13-22(26)30-23(21)24(27-16-28-30)29(14-17-5-9-19(32-2)10-6-17)15-18-7-11-20(33-3)12-8-18/h5-13,16H,4,14-15,26H2,1-3H3. The third-order valence-corrected chi connectivity index (χ3v) is 5.57. The Morgan fingerprint density at radius 2 is 1.53 bits per heavy atom. The molecule has 0 radical (unpaired) electrons. The van der Waals surface area contributed by atoms with E-state index in [0.717, 1.165) is 28.2 Å². The number of hydrogen-bond donors (Lipinski definition) is 0. The fraction of sp³-hybridized carbons (Fsp3) is 0.240. The molecule has 0 aliphatic heterocycles. The molecule has 2 heterocycles. The van der Waals surface area contributed by atoms with Gasteiger partial charge in [-0.3, -0.25) is 0 Å². The molecule has 2 aromatic carbocycles. The van der Waals surface area contributed by atoms with Gasteiger partial charge in [0.05, 0.1) is 26.4 Å². The predicted molar refractivity (Wildman–Crippen MR) is 133 cm³/mol. The summed E-state index contributed by atoms with van der Waals surface area (Å²) in [5, 5.41) is 4.38. The summed E-state index contributed by atoms with van der Waals surface area (Å²) in [4.78, 5) is 19.5. The Hall–Kier alpha value is -4.01. The van der Waals surface area contributed by atoms with E-state index in [1.807, 2.05) is 56.4 Å². The van der Waals surface area contributed by atoms with Crippen LogP contribution in [0, 0.1) is 0 Å². The van der Waals surface area contributed by atoms with Crippen molar-refractivity contribution in [2.75, 3.05) is 25.7 Å². The quantitative estimate of drug-likeness (QED) is 0.282. The lowest BCUT2D eigenvalue weighted by Crippen LogP contribution is -2.25. The number of aromatic nitrogens is 3. The number of methoxy groups -OCH3 is 2. The number of benzene rings is 2. The molecule has 0 aliphatic carbocycles. The van der Waals surface area contributed by atoms with E-state index >= 15 is 0 Å². The zero-order valence-electron chi connectivity index (χ0n) is 19.8. The van der Waals surface area contributed by atoms with Crippen molar-refractivity contribution in [2.24, 2.45) is 0 Å². The van der Waals surface area contributed by atoms with Crippen LogP contribution in [0.2, 0.25) is 0 Å². The van der Waals surface area contributed by atoms with Crippen molar-refractivity contribution in [1.82, 2.24) is 14.6 Å². The lowest BCUT2D eigenvalue weighted by molar-refractivity contribution is 0.0529. The van der Waals surface area contributed by atoms with Gasteiger partial charge >= 0.3 is 5.97 Å². The molecule has 0 bridgehead atoms. The molecule has 4 rings (SSSR count). The summed E-state index contributed by atoms with van der Waals surface area (Å²) in [7, 11) is 5.20. The molecule has 174 valence electrons. The van der Waals surface area contributed by atoms with E-state index in [4.69, 9.17) is 14.2 Å². The van der Waals surface area contributed by atoms with E-state index in [1.165, 1.54) is 6.33 Å². The topological polar surface area (TPSA) is 78.2 Å². The molecule has 0 unspecified atom stereocenters. The predicted octanol–water partition coefficient (Wildman–Crippen LogP) is 2.39. The summed E-state index contributed by atoms with van der Waals surface area (Å²) in [5.41, 5.74) is 4.06. The molecule has 2 aromatic heterocycles. The van der Waals surface area contributed by atoms with Crippen LogP contribution in [0.5, 0.6) is 11.5 Å². The molecular weight excluding hydrogens is 431 g/mol. The van der Waals surface area contributed by atoms with Crippen molar-refractivity contribution in [3.63, 3.8) is 0 Å². The number of fused-ring (bicyclic) bond motifs is 1. The van der Waals surface area contributed by atoms with Gasteiger partial charge in [0.1, 0.15) is 23.3 Å². The molecule has 0 saturated heterocycles. The summed E-state index contributed by atoms with van der Waals surface area (Å²) < 4.78 is 17.7. The summed E-state index contributed by atoms with van der Waals surface area (Å²) in [6.45, 7) is 3.21. The van der Waals surface area contributed by atoms with Crippen LogP contribution in [-0.4, -0.2) is 49.2 Å². The average Bonchev–Trinajstić information content (AvgIpc) is 3.21. The second-order valence-electron chi connectivity index (χ2n) is 7.82. The summed E-state index contributed by atoms with van der Waals surface area (Å²) in [6.07, 6.45) is 1.51. The smallest absolute Gasteiger partial charge is 0.340 e. The number of ether oxygens (including phenoxy) is 3. The third-order valence-electron chi connectivity index (χ3n) is 5.57. The zero-order chi connectivity index (χ0) is 24.1. The zero-order valence-corrected chi connectivity index (χ0v) is 19.8. The second-order valence-corrected chi connectivity index (χ2v) is 7.82. The van der Waals surface area contributed by atoms with Crippen LogP contribution in [0.3, 0.4) is 0 Å². The monoisotopic (exact) mass is 458 g/mol. The number of carbonyl (C=O) groups is 1. The summed E-state index contributed by atoms with van der Waals surface area (Å²) in [6, 6.07) is 17.6. The van der Waals surface area contributed by atoms with Crippen LogP contribution in [0.1, 0.15) is 28.4 Å². The highest BCUT2D eigenvalue weighted by atomic mass is 16.5. The molecule has 8 nitrogen and oxygen atoms in total. The number of rotatable bonds is 9. The first kappa shape index (κ1) is 23.2. The van der Waals surface area contributed by atoms with Crippen LogP contribution in [0.25, 0.3) is 5.52 Å². The van der Waals surface area contributed by atoms with Crippen molar-refractivity contribution >= 4 is 30.7 Å². The molecular formula is C25H27BN4O4. The van der Waals surface area contributed by atoms with Gasteiger partial charge in [0, 0.05) is 13.1 Å². The van der Waals surface area contributed by atoms with Crippen molar-refractivity contribution in [3.8, 4) is 11.5 Å². The minimum atomic E-state index is -0.391. The molecule has 34 heavy (non-hydrogen) atoms. The van der Waals surface area contributed by atoms with Gasteiger partial charge in [0.2, 0.25) is 0 Å². The van der Waals surface area contributed by atoms with Crippen molar-refractivity contribution < 1.29 is 19.0 Å². The largest absolute Gasteiger partial charge is 0.497 e. The van der Waals surface area contributed by atoms with E-state index in [-0.39, 0.29) is 0 Å². The van der Waals surface area contributed by atoms with E-state index in [1.54, 1.807) is 31.7 Å². The van der Waals surface area contributed by atoms with Crippen LogP contribution in [-0.2, 0) is 17.8 Å². The first-order valence-corrected chi connectivity index (χ1v) is 11.0. The highest BCUT2D eigenvalue weighted by Gasteiger charge is 2.23. The normalized spacial score (nSPS) is 10.8. The first-order chi connectivity index (χ1) is 16.5. The maximum atomic E-state index is 12.8. The molecule has 4 aromatic rings. The third kappa shape index (κ3) is 4.83. The van der Waals surface area contributed by atoms with E-state index in [2.05, 4.69) is 15.0 Å². The van der Waals surface area contributed by atoms with Gasteiger partial charge in [-0.25, -0.2) is 14.3 Å². The molecule has 0 spiro atoms. The Kier molecular flexibility index (Phi) is 7.01. The molecule has 0 atom stereocenters. The fourth-order valence-corrected chi connectivity index (χ4v) is 3.89. The number of carbonyl (C=O) groups excluding carboxylic acids is 1. The van der Waals surface area contributed by atoms with Crippen LogP contribution in [0.4, 0.5) is 5.82 Å². The summed E-state index contributed by atoms with van der Waals surface area (Å²) >= 11 is 0. The highest BCUT2D eigenvalue weighted by molar-refractivity contribution is 6.32. The van der Waals surface area contributed by atoms with Gasteiger partial charge in [-0.15, -0.1) is 0 Å². The molecule has 0 saturated carbocycles.